The minimum atomic E-state index is -4.30. The van der Waals surface area contributed by atoms with E-state index < -0.39 is 33.7 Å². The molecule has 0 spiro atoms. The zero-order chi connectivity index (χ0) is 27.0. The number of carbonyl (C=O) groups excluding carboxylic acids is 1. The second kappa shape index (κ2) is 10.2. The average molecular weight is 518 g/mol. The molecule has 2 atom stereocenters. The highest BCUT2D eigenvalue weighted by atomic mass is 32.2. The molecule has 1 heterocycles. The molecule has 0 saturated carbocycles. The summed E-state index contributed by atoms with van der Waals surface area (Å²) in [6.07, 6.45) is 0.209. The van der Waals surface area contributed by atoms with Gasteiger partial charge in [-0.25, -0.2) is 13.4 Å². The second-order valence-corrected chi connectivity index (χ2v) is 11.8. The third-order valence-electron chi connectivity index (χ3n) is 6.00. The Bertz CT molecular complexity index is 1370. The van der Waals surface area contributed by atoms with Gasteiger partial charge < -0.3 is 19.6 Å². The number of nitrogens with zero attached hydrogens (tertiary/aromatic N) is 2. The van der Waals surface area contributed by atoms with E-state index in [4.69, 9.17) is 9.47 Å². The summed E-state index contributed by atoms with van der Waals surface area (Å²) in [5, 5.41) is 10.7. The minimum Gasteiger partial charge on any atom is -0.496 e. The fraction of sp³-hybridized carbons (Fsp3) is 0.462. The molecule has 0 saturated heterocycles. The van der Waals surface area contributed by atoms with E-state index in [1.807, 2.05) is 0 Å². The molecule has 10 heteroatoms. The van der Waals surface area contributed by atoms with Gasteiger partial charge in [0.15, 0.2) is 0 Å². The summed E-state index contributed by atoms with van der Waals surface area (Å²) in [6, 6.07) is 5.48. The molecule has 0 aliphatic heterocycles. The van der Waals surface area contributed by atoms with Gasteiger partial charge in [0, 0.05) is 6.54 Å². The lowest BCUT2D eigenvalue weighted by Gasteiger charge is -2.34. The average Bonchev–Trinajstić information content (AvgIpc) is 3.22. The first kappa shape index (κ1) is 27.6. The van der Waals surface area contributed by atoms with Crippen LogP contribution in [0.1, 0.15) is 49.9 Å². The number of fused-ring (bicyclic) bond motifs is 1. The summed E-state index contributed by atoms with van der Waals surface area (Å²) in [5.74, 6) is -0.261. The Balaban J connectivity index is 2.22. The van der Waals surface area contributed by atoms with E-state index in [-0.39, 0.29) is 11.4 Å². The van der Waals surface area contributed by atoms with E-state index in [0.717, 1.165) is 15.3 Å². The van der Waals surface area contributed by atoms with Crippen molar-refractivity contribution in [1.82, 2.24) is 14.3 Å². The molecule has 0 aliphatic carbocycles. The lowest BCUT2D eigenvalue weighted by atomic mass is 10.1. The molecule has 2 N–H and O–H groups in total. The Kier molecular flexibility index (Phi) is 7.83. The lowest BCUT2D eigenvalue weighted by Crippen LogP contribution is -2.52. The number of H-pyrrole nitrogens is 1. The maximum absolute atomic E-state index is 14.3. The van der Waals surface area contributed by atoms with Gasteiger partial charge in [-0.15, -0.1) is 0 Å². The molecule has 9 nitrogen and oxygen atoms in total. The number of esters is 1. The largest absolute Gasteiger partial charge is 0.496 e. The van der Waals surface area contributed by atoms with E-state index in [2.05, 4.69) is 9.97 Å². The molecule has 2 aromatic carbocycles. The Hall–Kier alpha value is -2.95. The summed E-state index contributed by atoms with van der Waals surface area (Å²) >= 11 is 0. The van der Waals surface area contributed by atoms with Crippen LogP contribution in [0.5, 0.6) is 5.75 Å². The molecular weight excluding hydrogens is 482 g/mol. The molecule has 0 aliphatic rings. The number of carbonyl (C=O) groups is 1. The smallest absolute Gasteiger partial charge is 0.327 e. The number of aryl methyl sites for hydroxylation is 1. The molecular formula is C26H35N3O6S. The van der Waals surface area contributed by atoms with Gasteiger partial charge >= 0.3 is 5.97 Å². The summed E-state index contributed by atoms with van der Waals surface area (Å²) < 4.78 is 40.6. The van der Waals surface area contributed by atoms with Crippen molar-refractivity contribution in [3.05, 3.63) is 52.8 Å². The van der Waals surface area contributed by atoms with Crippen molar-refractivity contribution < 1.29 is 27.8 Å². The zero-order valence-corrected chi connectivity index (χ0v) is 22.9. The highest BCUT2D eigenvalue weighted by Gasteiger charge is 2.42. The number of methoxy groups -OCH3 is 1. The number of hydrogen-bond acceptors (Lipinski definition) is 7. The molecule has 3 aromatic rings. The molecule has 0 amide bonds. The molecule has 0 fully saturated rings. The summed E-state index contributed by atoms with van der Waals surface area (Å²) in [5.41, 5.74) is 2.84. The van der Waals surface area contributed by atoms with Crippen molar-refractivity contribution >= 4 is 27.0 Å². The number of aromatic amines is 1. The van der Waals surface area contributed by atoms with Gasteiger partial charge in [-0.3, -0.25) is 4.79 Å². The number of hydrogen-bond donors (Lipinski definition) is 2. The zero-order valence-electron chi connectivity index (χ0n) is 22.0. The minimum absolute atomic E-state index is 0.0672. The van der Waals surface area contributed by atoms with Crippen LogP contribution < -0.4 is 4.74 Å². The first-order chi connectivity index (χ1) is 16.7. The first-order valence-corrected chi connectivity index (χ1v) is 13.1. The van der Waals surface area contributed by atoms with E-state index in [0.29, 0.717) is 28.0 Å². The number of rotatable bonds is 8. The standard InChI is InChI=1S/C26H35N3O6S/c1-15-11-22(34-8)16(2)17(3)24(15)36(32,33)29(23(18(4)30)25(31)35-26(5,6)7)13-19-9-10-20-21(12-19)28-14-27-20/h9-12,14,18,23,30H,13H2,1-8H3,(H,27,28)/t18-,23-/m1/s1. The molecule has 196 valence electrons. The van der Waals surface area contributed by atoms with Crippen LogP contribution in [-0.2, 0) is 26.1 Å². The molecule has 3 rings (SSSR count). The fourth-order valence-corrected chi connectivity index (χ4v) is 6.38. The van der Waals surface area contributed by atoms with Crippen LogP contribution in [0.3, 0.4) is 0 Å². The van der Waals surface area contributed by atoms with E-state index in [9.17, 15) is 18.3 Å². The monoisotopic (exact) mass is 517 g/mol. The van der Waals surface area contributed by atoms with Crippen molar-refractivity contribution in [3.63, 3.8) is 0 Å². The first-order valence-electron chi connectivity index (χ1n) is 11.7. The molecule has 0 bridgehead atoms. The van der Waals surface area contributed by atoms with Crippen molar-refractivity contribution in [1.29, 1.82) is 0 Å². The number of imidazole rings is 1. The molecule has 0 radical (unpaired) electrons. The summed E-state index contributed by atoms with van der Waals surface area (Å²) in [6.45, 7) is 11.5. The van der Waals surface area contributed by atoms with Gasteiger partial charge in [0.1, 0.15) is 17.4 Å². The van der Waals surface area contributed by atoms with Gasteiger partial charge in [-0.1, -0.05) is 6.07 Å². The maximum Gasteiger partial charge on any atom is 0.327 e. The van der Waals surface area contributed by atoms with Crippen LogP contribution in [0.25, 0.3) is 11.0 Å². The van der Waals surface area contributed by atoms with E-state index in [1.54, 1.807) is 72.1 Å². The summed E-state index contributed by atoms with van der Waals surface area (Å²) in [4.78, 5) is 20.6. The van der Waals surface area contributed by atoms with Gasteiger partial charge in [0.2, 0.25) is 10.0 Å². The normalized spacial score (nSPS) is 14.2. The number of ether oxygens (including phenoxy) is 2. The van der Waals surface area contributed by atoms with Gasteiger partial charge in [0.25, 0.3) is 0 Å². The Morgan fingerprint density at radius 3 is 2.42 bits per heavy atom. The maximum atomic E-state index is 14.3. The lowest BCUT2D eigenvalue weighted by molar-refractivity contribution is -0.163. The van der Waals surface area contributed by atoms with Gasteiger partial charge in [-0.05, 0) is 88.9 Å². The van der Waals surface area contributed by atoms with Crippen molar-refractivity contribution in [3.8, 4) is 5.75 Å². The van der Waals surface area contributed by atoms with Crippen LogP contribution in [0.4, 0.5) is 0 Å². The second-order valence-electron chi connectivity index (χ2n) is 10.00. The SMILES string of the molecule is COc1cc(C)c(S(=O)(=O)N(Cc2ccc3nc[nH]c3c2)[C@@H](C(=O)OC(C)(C)C)[C@@H](C)O)c(C)c1C. The fourth-order valence-electron chi connectivity index (χ4n) is 4.26. The highest BCUT2D eigenvalue weighted by Crippen LogP contribution is 2.34. The third-order valence-corrected chi connectivity index (χ3v) is 8.12. The van der Waals surface area contributed by atoms with Gasteiger partial charge in [0.05, 0.1) is 35.5 Å². The molecule has 0 unspecified atom stereocenters. The topological polar surface area (TPSA) is 122 Å². The molecule has 1 aromatic heterocycles. The van der Waals surface area contributed by atoms with Crippen molar-refractivity contribution in [2.45, 2.75) is 77.7 Å². The number of aliphatic hydroxyl groups excluding tert-OH is 1. The Morgan fingerprint density at radius 1 is 1.17 bits per heavy atom. The highest BCUT2D eigenvalue weighted by molar-refractivity contribution is 7.89. The molecule has 36 heavy (non-hydrogen) atoms. The quantitative estimate of drug-likeness (QED) is 0.436. The van der Waals surface area contributed by atoms with Crippen LogP contribution in [0, 0.1) is 20.8 Å². The summed E-state index contributed by atoms with van der Waals surface area (Å²) in [7, 11) is -2.77. The number of sulfonamides is 1. The Morgan fingerprint density at radius 2 is 1.83 bits per heavy atom. The third kappa shape index (κ3) is 5.55. The number of aliphatic hydroxyl groups is 1. The van der Waals surface area contributed by atoms with E-state index in [1.165, 1.54) is 14.0 Å². The predicted octanol–water partition coefficient (Wildman–Crippen LogP) is 3.78. The Labute approximate surface area is 212 Å². The number of benzene rings is 2. The predicted molar refractivity (Wildman–Crippen MR) is 137 cm³/mol. The number of aromatic nitrogens is 2. The van der Waals surface area contributed by atoms with E-state index >= 15 is 0 Å². The van der Waals surface area contributed by atoms with Crippen LogP contribution in [0.15, 0.2) is 35.5 Å². The van der Waals surface area contributed by atoms with Crippen LogP contribution in [0.2, 0.25) is 0 Å². The van der Waals surface area contributed by atoms with Crippen LogP contribution >= 0.6 is 0 Å². The van der Waals surface area contributed by atoms with Crippen molar-refractivity contribution in [2.24, 2.45) is 0 Å². The van der Waals surface area contributed by atoms with Crippen LogP contribution in [-0.4, -0.2) is 58.6 Å². The number of nitrogens with one attached hydrogen (secondary N) is 1. The van der Waals surface area contributed by atoms with Gasteiger partial charge in [-0.2, -0.15) is 4.31 Å². The van der Waals surface area contributed by atoms with Crippen molar-refractivity contribution in [2.75, 3.05) is 7.11 Å².